The summed E-state index contributed by atoms with van der Waals surface area (Å²) >= 11 is 0. The summed E-state index contributed by atoms with van der Waals surface area (Å²) in [5, 5.41) is 13.7. The summed E-state index contributed by atoms with van der Waals surface area (Å²) in [5.74, 6) is 0.128. The second-order valence-electron chi connectivity index (χ2n) is 9.94. The smallest absolute Gasteiger partial charge is 0.409 e. The van der Waals surface area contributed by atoms with Crippen LogP contribution in [-0.2, 0) is 23.2 Å². The molecule has 0 aromatic carbocycles. The van der Waals surface area contributed by atoms with Gasteiger partial charge in [-0.1, -0.05) is 12.8 Å². The van der Waals surface area contributed by atoms with Crippen LogP contribution in [0, 0.1) is 18.8 Å². The number of aryl methyl sites for hydroxylation is 2. The third-order valence-electron chi connectivity index (χ3n) is 7.29. The van der Waals surface area contributed by atoms with Crippen LogP contribution in [0.3, 0.4) is 0 Å². The van der Waals surface area contributed by atoms with Crippen LogP contribution in [0.25, 0.3) is 11.3 Å². The highest BCUT2D eigenvalue weighted by atomic mass is 16.6. The highest BCUT2D eigenvalue weighted by Crippen LogP contribution is 2.31. The van der Waals surface area contributed by atoms with Crippen LogP contribution in [0.15, 0.2) is 18.3 Å². The van der Waals surface area contributed by atoms with Gasteiger partial charge in [-0.25, -0.2) is 9.78 Å². The molecule has 2 aliphatic rings. The molecular weight excluding hydrogens is 448 g/mol. The highest BCUT2D eigenvalue weighted by Gasteiger charge is 2.28. The van der Waals surface area contributed by atoms with Gasteiger partial charge in [-0.2, -0.15) is 5.10 Å². The third-order valence-corrected chi connectivity index (χ3v) is 7.29. The minimum atomic E-state index is -0.752. The van der Waals surface area contributed by atoms with Crippen LogP contribution in [0.1, 0.15) is 62.8 Å². The molecule has 190 valence electrons. The van der Waals surface area contributed by atoms with Crippen molar-refractivity contribution in [3.05, 3.63) is 29.7 Å². The number of nitrogens with zero attached hydrogens (tertiary/aromatic N) is 4. The highest BCUT2D eigenvalue weighted by molar-refractivity contribution is 5.70. The van der Waals surface area contributed by atoms with Crippen LogP contribution in [0.5, 0.6) is 5.75 Å². The van der Waals surface area contributed by atoms with Crippen LogP contribution in [0.2, 0.25) is 0 Å². The molecule has 1 N–H and O–H groups in total. The van der Waals surface area contributed by atoms with Gasteiger partial charge in [0.15, 0.2) is 0 Å². The van der Waals surface area contributed by atoms with E-state index in [1.165, 1.54) is 25.7 Å². The summed E-state index contributed by atoms with van der Waals surface area (Å²) in [6.45, 7) is 2.72. The lowest BCUT2D eigenvalue weighted by atomic mass is 9.87. The van der Waals surface area contributed by atoms with E-state index in [1.54, 1.807) is 22.8 Å². The van der Waals surface area contributed by atoms with E-state index in [2.05, 4.69) is 5.10 Å². The van der Waals surface area contributed by atoms with Gasteiger partial charge in [0.1, 0.15) is 12.4 Å². The Morgan fingerprint density at radius 2 is 1.94 bits per heavy atom. The summed E-state index contributed by atoms with van der Waals surface area (Å²) in [5.41, 5.74) is 3.02. The molecule has 35 heavy (non-hydrogen) atoms. The number of ether oxygens (including phenoxy) is 2. The molecular formula is C26H36N4O5. The predicted octanol–water partition coefficient (Wildman–Crippen LogP) is 4.57. The molecule has 2 saturated carbocycles. The van der Waals surface area contributed by atoms with Gasteiger partial charge in [0.05, 0.1) is 35.3 Å². The number of hydrogen-bond donors (Lipinski definition) is 1. The van der Waals surface area contributed by atoms with Gasteiger partial charge in [-0.05, 0) is 63.5 Å². The Bertz CT molecular complexity index is 1050. The van der Waals surface area contributed by atoms with Crippen molar-refractivity contribution in [1.82, 2.24) is 19.7 Å². The van der Waals surface area contributed by atoms with E-state index in [0.717, 1.165) is 42.0 Å². The van der Waals surface area contributed by atoms with Gasteiger partial charge in [0.2, 0.25) is 0 Å². The second-order valence-corrected chi connectivity index (χ2v) is 9.94. The zero-order chi connectivity index (χ0) is 24.9. The number of carbonyl (C=O) groups is 2. The molecule has 2 aromatic heterocycles. The van der Waals surface area contributed by atoms with Gasteiger partial charge < -0.3 is 19.5 Å². The fraction of sp³-hybridized carbons (Fsp3) is 0.615. The molecule has 2 heterocycles. The molecule has 0 bridgehead atoms. The van der Waals surface area contributed by atoms with E-state index < -0.39 is 5.97 Å². The van der Waals surface area contributed by atoms with Crippen molar-refractivity contribution in [1.29, 1.82) is 0 Å². The first kappa shape index (κ1) is 25.0. The van der Waals surface area contributed by atoms with Crippen molar-refractivity contribution in [2.75, 3.05) is 13.6 Å². The van der Waals surface area contributed by atoms with E-state index in [0.29, 0.717) is 24.5 Å². The molecule has 2 aromatic rings. The van der Waals surface area contributed by atoms with E-state index in [-0.39, 0.29) is 24.7 Å². The number of aromatic nitrogens is 3. The lowest BCUT2D eigenvalue weighted by Crippen LogP contribution is -2.31. The van der Waals surface area contributed by atoms with Crippen LogP contribution >= 0.6 is 0 Å². The van der Waals surface area contributed by atoms with Gasteiger partial charge >= 0.3 is 12.1 Å². The summed E-state index contributed by atoms with van der Waals surface area (Å²) in [6, 6.07) is 3.74. The number of aliphatic carboxylic acids is 1. The molecule has 0 spiro atoms. The fourth-order valence-electron chi connectivity index (χ4n) is 5.22. The molecule has 0 saturated heterocycles. The number of carboxylic acids is 1. The number of pyridine rings is 1. The molecule has 0 aliphatic heterocycles. The van der Waals surface area contributed by atoms with Gasteiger partial charge in [-0.3, -0.25) is 9.48 Å². The maximum atomic E-state index is 12.5. The Morgan fingerprint density at radius 3 is 2.66 bits per heavy atom. The maximum Gasteiger partial charge on any atom is 0.409 e. The lowest BCUT2D eigenvalue weighted by Gasteiger charge is -2.27. The molecule has 2 fully saturated rings. The van der Waals surface area contributed by atoms with Crippen LogP contribution in [-0.4, -0.2) is 56.5 Å². The zero-order valence-electron chi connectivity index (χ0n) is 20.9. The van der Waals surface area contributed by atoms with Crippen LogP contribution < -0.4 is 4.74 Å². The van der Waals surface area contributed by atoms with Crippen molar-refractivity contribution < 1.29 is 24.2 Å². The van der Waals surface area contributed by atoms with E-state index in [4.69, 9.17) is 14.5 Å². The topological polar surface area (TPSA) is 107 Å². The Labute approximate surface area is 206 Å². The Hall–Kier alpha value is -3.10. The van der Waals surface area contributed by atoms with Crippen molar-refractivity contribution in [3.63, 3.8) is 0 Å². The van der Waals surface area contributed by atoms with Crippen molar-refractivity contribution in [3.8, 4) is 17.0 Å². The molecule has 0 radical (unpaired) electrons. The van der Waals surface area contributed by atoms with Gasteiger partial charge in [0, 0.05) is 26.2 Å². The molecule has 2 atom stereocenters. The summed E-state index contributed by atoms with van der Waals surface area (Å²) < 4.78 is 13.4. The first-order chi connectivity index (χ1) is 16.8. The Balaban J connectivity index is 1.40. The quantitative estimate of drug-likeness (QED) is 0.585. The second kappa shape index (κ2) is 11.1. The standard InChI is InChI=1S/C26H36N4O5/c1-17-24(35-20-10-6-9-19(13-20)25(31)32)12-11-22(28-17)21-14-27-30(3)23(21)16-34-26(33)29(2)15-18-7-4-5-8-18/h11-12,14,18-20H,4-10,13,15-16H2,1-3H3,(H,31,32)/t19-,20-/m0/s1. The zero-order valence-corrected chi connectivity index (χ0v) is 20.9. The summed E-state index contributed by atoms with van der Waals surface area (Å²) in [4.78, 5) is 30.3. The van der Waals surface area contributed by atoms with E-state index in [1.807, 2.05) is 26.1 Å². The molecule has 1 amide bonds. The minimum absolute atomic E-state index is 0.108. The third kappa shape index (κ3) is 6.13. The van der Waals surface area contributed by atoms with E-state index >= 15 is 0 Å². The van der Waals surface area contributed by atoms with Gasteiger partial charge in [0.25, 0.3) is 0 Å². The maximum absolute atomic E-state index is 12.5. The van der Waals surface area contributed by atoms with E-state index in [9.17, 15) is 14.7 Å². The number of rotatable bonds is 8. The van der Waals surface area contributed by atoms with Crippen molar-refractivity contribution in [2.24, 2.45) is 18.9 Å². The fourth-order valence-corrected chi connectivity index (χ4v) is 5.22. The minimum Gasteiger partial charge on any atom is -0.489 e. The van der Waals surface area contributed by atoms with Crippen molar-refractivity contribution >= 4 is 12.1 Å². The average molecular weight is 485 g/mol. The average Bonchev–Trinajstić information content (AvgIpc) is 3.48. The first-order valence-electron chi connectivity index (χ1n) is 12.6. The van der Waals surface area contributed by atoms with Crippen molar-refractivity contribution in [2.45, 2.75) is 71.0 Å². The number of carbonyl (C=O) groups excluding carboxylic acids is 1. The molecule has 0 unspecified atom stereocenters. The Morgan fingerprint density at radius 1 is 1.17 bits per heavy atom. The first-order valence-corrected chi connectivity index (χ1v) is 12.6. The SMILES string of the molecule is Cc1nc(-c2cnn(C)c2COC(=O)N(C)CC2CCCC2)ccc1O[C@H]1CCC[C@H](C(=O)O)C1. The summed E-state index contributed by atoms with van der Waals surface area (Å²) in [7, 11) is 3.61. The molecule has 9 nitrogen and oxygen atoms in total. The Kier molecular flexibility index (Phi) is 7.93. The largest absolute Gasteiger partial charge is 0.489 e. The number of carboxylic acid groups (broad SMARTS) is 1. The predicted molar refractivity (Wildman–Crippen MR) is 130 cm³/mol. The molecule has 9 heteroatoms. The lowest BCUT2D eigenvalue weighted by molar-refractivity contribution is -0.143. The monoisotopic (exact) mass is 484 g/mol. The van der Waals surface area contributed by atoms with Gasteiger partial charge in [-0.15, -0.1) is 0 Å². The summed E-state index contributed by atoms with van der Waals surface area (Å²) in [6.07, 6.45) is 9.03. The molecule has 4 rings (SSSR count). The number of amides is 1. The number of hydrogen-bond acceptors (Lipinski definition) is 6. The molecule has 2 aliphatic carbocycles. The normalized spacial score (nSPS) is 20.5. The van der Waals surface area contributed by atoms with Crippen LogP contribution in [0.4, 0.5) is 4.79 Å².